The van der Waals surface area contributed by atoms with Crippen LogP contribution in [0.1, 0.15) is 44.2 Å². The number of rotatable bonds is 4. The third kappa shape index (κ3) is 3.35. The monoisotopic (exact) mass is 264 g/mol. The van der Waals surface area contributed by atoms with E-state index < -0.39 is 6.04 Å². The number of aryl methyl sites for hydroxylation is 1. The van der Waals surface area contributed by atoms with Gasteiger partial charge in [0.1, 0.15) is 6.04 Å². The molecule has 2 heterocycles. The molecular weight excluding hydrogens is 240 g/mol. The molecule has 1 aliphatic heterocycles. The van der Waals surface area contributed by atoms with Crippen molar-refractivity contribution in [3.8, 4) is 0 Å². The number of carbonyl (C=O) groups is 1. The van der Waals surface area contributed by atoms with Crippen LogP contribution in [0.3, 0.4) is 0 Å². The minimum atomic E-state index is -0.573. The van der Waals surface area contributed by atoms with E-state index >= 15 is 0 Å². The predicted octanol–water partition coefficient (Wildman–Crippen LogP) is 1.46. The Kier molecular flexibility index (Phi) is 4.58. The average molecular weight is 264 g/mol. The predicted molar refractivity (Wildman–Crippen MR) is 74.3 cm³/mol. The van der Waals surface area contributed by atoms with Crippen LogP contribution in [0, 0.1) is 5.92 Å². The largest absolute Gasteiger partial charge is 0.341 e. The summed E-state index contributed by atoms with van der Waals surface area (Å²) in [5.41, 5.74) is 6.83. The van der Waals surface area contributed by atoms with Gasteiger partial charge in [0.2, 0.25) is 5.91 Å². The Balaban J connectivity index is 1.90. The summed E-state index contributed by atoms with van der Waals surface area (Å²) in [5, 5.41) is 4.07. The van der Waals surface area contributed by atoms with Crippen molar-refractivity contribution >= 4 is 5.91 Å². The topological polar surface area (TPSA) is 64.2 Å². The van der Waals surface area contributed by atoms with Crippen molar-refractivity contribution < 1.29 is 4.79 Å². The summed E-state index contributed by atoms with van der Waals surface area (Å²) in [6, 6.07) is -0.573. The molecule has 1 fully saturated rings. The molecule has 5 nitrogen and oxygen atoms in total. The Morgan fingerprint density at radius 1 is 1.53 bits per heavy atom. The van der Waals surface area contributed by atoms with Gasteiger partial charge in [-0.2, -0.15) is 5.10 Å². The van der Waals surface area contributed by atoms with Crippen molar-refractivity contribution in [3.05, 3.63) is 18.0 Å². The van der Waals surface area contributed by atoms with Crippen molar-refractivity contribution in [2.24, 2.45) is 18.7 Å². The number of likely N-dealkylation sites (tertiary alicyclic amines) is 1. The Hall–Kier alpha value is -1.36. The molecule has 1 saturated heterocycles. The van der Waals surface area contributed by atoms with Crippen LogP contribution in [0.5, 0.6) is 0 Å². The lowest BCUT2D eigenvalue weighted by atomic mass is 9.92. The fourth-order valence-corrected chi connectivity index (χ4v) is 2.79. The number of hydrogen-bond donors (Lipinski definition) is 1. The number of amides is 1. The van der Waals surface area contributed by atoms with E-state index in [1.165, 1.54) is 12.8 Å². The second-order valence-electron chi connectivity index (χ2n) is 5.48. The summed E-state index contributed by atoms with van der Waals surface area (Å²) >= 11 is 0. The van der Waals surface area contributed by atoms with E-state index in [1.807, 2.05) is 18.1 Å². The molecule has 0 aliphatic carbocycles. The number of hydrogen-bond acceptors (Lipinski definition) is 3. The lowest BCUT2D eigenvalue weighted by Crippen LogP contribution is -2.43. The fourth-order valence-electron chi connectivity index (χ4n) is 2.79. The summed E-state index contributed by atoms with van der Waals surface area (Å²) in [7, 11) is 1.83. The molecule has 0 spiro atoms. The van der Waals surface area contributed by atoms with Crippen molar-refractivity contribution in [1.29, 1.82) is 0 Å². The van der Waals surface area contributed by atoms with Gasteiger partial charge in [-0.15, -0.1) is 0 Å². The first kappa shape index (κ1) is 14.1. The van der Waals surface area contributed by atoms with Crippen molar-refractivity contribution in [3.63, 3.8) is 0 Å². The van der Waals surface area contributed by atoms with Gasteiger partial charge >= 0.3 is 0 Å². The van der Waals surface area contributed by atoms with Gasteiger partial charge in [-0.3, -0.25) is 9.48 Å². The molecule has 1 unspecified atom stereocenters. The second-order valence-corrected chi connectivity index (χ2v) is 5.48. The van der Waals surface area contributed by atoms with E-state index in [1.54, 1.807) is 10.9 Å². The molecule has 1 aliphatic rings. The molecule has 1 atom stereocenters. The third-order valence-electron chi connectivity index (χ3n) is 3.97. The summed E-state index contributed by atoms with van der Waals surface area (Å²) in [4.78, 5) is 14.2. The van der Waals surface area contributed by atoms with E-state index in [9.17, 15) is 4.79 Å². The molecule has 19 heavy (non-hydrogen) atoms. The van der Waals surface area contributed by atoms with Crippen LogP contribution in [-0.2, 0) is 11.8 Å². The fraction of sp³-hybridized carbons (Fsp3) is 0.714. The Labute approximate surface area is 114 Å². The number of aromatic nitrogens is 2. The summed E-state index contributed by atoms with van der Waals surface area (Å²) in [5.74, 6) is 0.812. The summed E-state index contributed by atoms with van der Waals surface area (Å²) in [6.07, 6.45) is 8.21. The lowest BCUT2D eigenvalue weighted by molar-refractivity contribution is -0.134. The lowest BCUT2D eigenvalue weighted by Gasteiger charge is -2.33. The normalized spacial score (nSPS) is 18.6. The summed E-state index contributed by atoms with van der Waals surface area (Å²) in [6.45, 7) is 3.91. The van der Waals surface area contributed by atoms with Gasteiger partial charge in [-0.1, -0.05) is 19.8 Å². The molecule has 106 valence electrons. The zero-order chi connectivity index (χ0) is 13.8. The molecule has 1 aromatic heterocycles. The van der Waals surface area contributed by atoms with Crippen LogP contribution in [0.15, 0.2) is 12.4 Å². The van der Waals surface area contributed by atoms with Crippen LogP contribution < -0.4 is 5.73 Å². The average Bonchev–Trinajstić information content (AvgIpc) is 2.85. The SMILES string of the molecule is CCCC1CCN(C(=O)C(N)c2cnn(C)c2)CC1. The van der Waals surface area contributed by atoms with Crippen LogP contribution in [0.2, 0.25) is 0 Å². The van der Waals surface area contributed by atoms with E-state index in [-0.39, 0.29) is 5.91 Å². The van der Waals surface area contributed by atoms with Crippen LogP contribution >= 0.6 is 0 Å². The molecule has 2 rings (SSSR count). The van der Waals surface area contributed by atoms with E-state index in [0.29, 0.717) is 0 Å². The van der Waals surface area contributed by atoms with Crippen LogP contribution in [0.4, 0.5) is 0 Å². The van der Waals surface area contributed by atoms with Crippen molar-refractivity contribution in [2.45, 2.75) is 38.6 Å². The standard InChI is InChI=1S/C14H24N4O/c1-3-4-11-5-7-18(8-6-11)14(19)13(15)12-9-16-17(2)10-12/h9-11,13H,3-8,15H2,1-2H3. The van der Waals surface area contributed by atoms with Crippen molar-refractivity contribution in [2.75, 3.05) is 13.1 Å². The number of carbonyl (C=O) groups excluding carboxylic acids is 1. The van der Waals surface area contributed by atoms with Gasteiger partial charge in [0.25, 0.3) is 0 Å². The third-order valence-corrected chi connectivity index (χ3v) is 3.97. The van der Waals surface area contributed by atoms with Gasteiger partial charge in [0, 0.05) is 31.9 Å². The molecule has 5 heteroatoms. The molecule has 0 bridgehead atoms. The summed E-state index contributed by atoms with van der Waals surface area (Å²) < 4.78 is 1.68. The molecule has 0 aromatic carbocycles. The van der Waals surface area contributed by atoms with Gasteiger partial charge < -0.3 is 10.6 Å². The van der Waals surface area contributed by atoms with Gasteiger partial charge in [0.15, 0.2) is 0 Å². The zero-order valence-corrected chi connectivity index (χ0v) is 11.9. The van der Waals surface area contributed by atoms with Crippen LogP contribution in [-0.4, -0.2) is 33.7 Å². The first-order chi connectivity index (χ1) is 9.11. The molecular formula is C14H24N4O. The first-order valence-electron chi connectivity index (χ1n) is 7.14. The maximum absolute atomic E-state index is 12.3. The first-order valence-corrected chi connectivity index (χ1v) is 7.14. The zero-order valence-electron chi connectivity index (χ0n) is 11.9. The van der Waals surface area contributed by atoms with Gasteiger partial charge in [0.05, 0.1) is 6.20 Å². The minimum Gasteiger partial charge on any atom is -0.341 e. The second kappa shape index (κ2) is 6.19. The maximum atomic E-state index is 12.3. The van der Waals surface area contributed by atoms with E-state index in [4.69, 9.17) is 5.73 Å². The minimum absolute atomic E-state index is 0.0305. The van der Waals surface area contributed by atoms with Gasteiger partial charge in [-0.25, -0.2) is 0 Å². The number of nitrogens with zero attached hydrogens (tertiary/aromatic N) is 3. The smallest absolute Gasteiger partial charge is 0.244 e. The Bertz CT molecular complexity index is 421. The van der Waals surface area contributed by atoms with E-state index in [0.717, 1.165) is 37.4 Å². The number of piperidine rings is 1. The van der Waals surface area contributed by atoms with Gasteiger partial charge in [-0.05, 0) is 18.8 Å². The highest BCUT2D eigenvalue weighted by molar-refractivity contribution is 5.83. The highest BCUT2D eigenvalue weighted by atomic mass is 16.2. The highest BCUT2D eigenvalue weighted by Crippen LogP contribution is 2.23. The maximum Gasteiger partial charge on any atom is 0.244 e. The Morgan fingerprint density at radius 3 is 2.74 bits per heavy atom. The molecule has 0 radical (unpaired) electrons. The quantitative estimate of drug-likeness (QED) is 0.895. The highest BCUT2D eigenvalue weighted by Gasteiger charge is 2.27. The number of nitrogens with two attached hydrogens (primary N) is 1. The van der Waals surface area contributed by atoms with Crippen molar-refractivity contribution in [1.82, 2.24) is 14.7 Å². The Morgan fingerprint density at radius 2 is 2.21 bits per heavy atom. The molecule has 2 N–H and O–H groups in total. The van der Waals surface area contributed by atoms with E-state index in [2.05, 4.69) is 12.0 Å². The molecule has 1 amide bonds. The van der Waals surface area contributed by atoms with Crippen LogP contribution in [0.25, 0.3) is 0 Å². The molecule has 1 aromatic rings. The molecule has 0 saturated carbocycles.